The number of hydrogen-bond acceptors (Lipinski definition) is 3. The van der Waals surface area contributed by atoms with Crippen LogP contribution in [0.1, 0.15) is 11.1 Å². The van der Waals surface area contributed by atoms with E-state index in [1.165, 1.54) is 30.2 Å². The van der Waals surface area contributed by atoms with Crippen molar-refractivity contribution < 1.29 is 22.7 Å². The summed E-state index contributed by atoms with van der Waals surface area (Å²) in [6, 6.07) is 11.4. The first-order valence-corrected chi connectivity index (χ1v) is 8.80. The maximum atomic E-state index is 13.7. The normalized spacial score (nSPS) is 19.1. The van der Waals surface area contributed by atoms with Crippen molar-refractivity contribution >= 4 is 34.3 Å². The molecule has 2 aromatic rings. The van der Waals surface area contributed by atoms with Crippen LogP contribution in [0.4, 0.5) is 23.7 Å². The fourth-order valence-electron chi connectivity index (χ4n) is 2.89. The second-order valence-corrected chi connectivity index (χ2v) is 7.13. The minimum atomic E-state index is -4.97. The number of alkyl halides is 3. The Morgan fingerprint density at radius 3 is 2.48 bits per heavy atom. The Balaban J connectivity index is 2.09. The van der Waals surface area contributed by atoms with Crippen LogP contribution in [0.15, 0.2) is 42.5 Å². The van der Waals surface area contributed by atoms with E-state index in [2.05, 4.69) is 0 Å². The van der Waals surface area contributed by atoms with Gasteiger partial charge in [-0.2, -0.15) is 18.4 Å². The minimum absolute atomic E-state index is 0.0444. The Morgan fingerprint density at radius 2 is 1.93 bits per heavy atom. The van der Waals surface area contributed by atoms with Crippen molar-refractivity contribution in [3.8, 4) is 11.8 Å². The van der Waals surface area contributed by atoms with Crippen molar-refractivity contribution in [3.05, 3.63) is 57.2 Å². The minimum Gasteiger partial charge on any atom is -0.497 e. The number of nitrogens with one attached hydrogen (secondary N) is 1. The number of urea groups is 1. The number of halogens is 4. The molecule has 1 heterocycles. The molecule has 1 aliphatic heterocycles. The Hall–Kier alpha value is -2.48. The molecule has 1 N–H and O–H groups in total. The van der Waals surface area contributed by atoms with E-state index in [1.54, 1.807) is 30.3 Å². The molecule has 0 radical (unpaired) electrons. The molecule has 5 nitrogen and oxygen atoms in total. The van der Waals surface area contributed by atoms with Gasteiger partial charge in [0.25, 0.3) is 5.54 Å². The zero-order chi connectivity index (χ0) is 19.8. The third-order valence-corrected chi connectivity index (χ3v) is 4.96. The highest BCUT2D eigenvalue weighted by atomic mass is 127. The molecule has 1 aliphatic rings. The Bertz CT molecular complexity index is 925. The predicted octanol–water partition coefficient (Wildman–Crippen LogP) is 4.31. The van der Waals surface area contributed by atoms with Gasteiger partial charge in [0, 0.05) is 9.13 Å². The monoisotopic (exact) mass is 487 g/mol. The van der Waals surface area contributed by atoms with Gasteiger partial charge in [0.2, 0.25) is 0 Å². The SMILES string of the molecule is COc1ccc(CN2C(=O)N[C@](C#N)(C(F)(F)F)c3cc(I)ccc32)cc1. The first kappa shape index (κ1) is 19.3. The van der Waals surface area contributed by atoms with Crippen LogP contribution in [0.2, 0.25) is 0 Å². The molecule has 0 unspecified atom stereocenters. The van der Waals surface area contributed by atoms with Gasteiger partial charge in [-0.25, -0.2) is 4.79 Å². The highest BCUT2D eigenvalue weighted by molar-refractivity contribution is 14.1. The highest BCUT2D eigenvalue weighted by Crippen LogP contribution is 2.46. The van der Waals surface area contributed by atoms with Gasteiger partial charge >= 0.3 is 12.2 Å². The summed E-state index contributed by atoms with van der Waals surface area (Å²) in [7, 11) is 1.52. The number of nitrogens with zero attached hydrogens (tertiary/aromatic N) is 2. The van der Waals surface area contributed by atoms with Crippen LogP contribution in [0, 0.1) is 14.9 Å². The van der Waals surface area contributed by atoms with Crippen LogP contribution in [0.25, 0.3) is 0 Å². The molecule has 27 heavy (non-hydrogen) atoms. The third kappa shape index (κ3) is 3.29. The number of ether oxygens (including phenoxy) is 1. The summed E-state index contributed by atoms with van der Waals surface area (Å²) in [6.07, 6.45) is -4.97. The molecule has 140 valence electrons. The van der Waals surface area contributed by atoms with Crippen LogP contribution in [0.3, 0.4) is 0 Å². The number of anilines is 1. The van der Waals surface area contributed by atoms with Gasteiger partial charge in [0.15, 0.2) is 0 Å². The molecule has 0 saturated heterocycles. The fraction of sp³-hybridized carbons (Fsp3) is 0.222. The Labute approximate surface area is 166 Å². The summed E-state index contributed by atoms with van der Waals surface area (Å²) in [5, 5.41) is 11.2. The van der Waals surface area contributed by atoms with Gasteiger partial charge < -0.3 is 10.1 Å². The maximum Gasteiger partial charge on any atom is 0.429 e. The maximum absolute atomic E-state index is 13.7. The number of carbonyl (C=O) groups is 1. The summed E-state index contributed by atoms with van der Waals surface area (Å²) in [5.41, 5.74) is -2.63. The smallest absolute Gasteiger partial charge is 0.429 e. The summed E-state index contributed by atoms with van der Waals surface area (Å²) >= 11 is 1.87. The van der Waals surface area contributed by atoms with E-state index in [0.717, 1.165) is 0 Å². The van der Waals surface area contributed by atoms with E-state index in [0.29, 0.717) is 14.9 Å². The Morgan fingerprint density at radius 1 is 1.26 bits per heavy atom. The molecular formula is C18H13F3IN3O2. The summed E-state index contributed by atoms with van der Waals surface area (Å²) in [4.78, 5) is 13.7. The van der Waals surface area contributed by atoms with Crippen molar-refractivity contribution in [2.75, 3.05) is 12.0 Å². The van der Waals surface area contributed by atoms with Crippen LogP contribution in [-0.2, 0) is 12.1 Å². The number of rotatable bonds is 3. The number of amides is 2. The number of nitriles is 1. The molecule has 0 saturated carbocycles. The Kier molecular flexibility index (Phi) is 4.94. The van der Waals surface area contributed by atoms with Crippen LogP contribution < -0.4 is 15.0 Å². The van der Waals surface area contributed by atoms with Gasteiger partial charge in [0.05, 0.1) is 19.3 Å². The molecule has 0 aromatic heterocycles. The molecule has 9 heteroatoms. The molecule has 0 aliphatic carbocycles. The summed E-state index contributed by atoms with van der Waals surface area (Å²) in [5.74, 6) is 0.623. The topological polar surface area (TPSA) is 65.4 Å². The van der Waals surface area contributed by atoms with Gasteiger partial charge in [-0.3, -0.25) is 4.90 Å². The van der Waals surface area contributed by atoms with Gasteiger partial charge in [0.1, 0.15) is 11.8 Å². The van der Waals surface area contributed by atoms with Crippen molar-refractivity contribution in [2.45, 2.75) is 18.3 Å². The number of benzene rings is 2. The summed E-state index contributed by atoms with van der Waals surface area (Å²) in [6.45, 7) is 0.0444. The molecule has 0 fully saturated rings. The molecular weight excluding hydrogens is 474 g/mol. The fourth-order valence-corrected chi connectivity index (χ4v) is 3.39. The van der Waals surface area contributed by atoms with E-state index < -0.39 is 17.7 Å². The average Bonchev–Trinajstić information content (AvgIpc) is 2.63. The van der Waals surface area contributed by atoms with Crippen LogP contribution >= 0.6 is 22.6 Å². The largest absolute Gasteiger partial charge is 0.497 e. The zero-order valence-electron chi connectivity index (χ0n) is 14.0. The molecule has 2 aromatic carbocycles. The second kappa shape index (κ2) is 6.92. The highest BCUT2D eigenvalue weighted by Gasteiger charge is 2.61. The predicted molar refractivity (Wildman–Crippen MR) is 100 cm³/mol. The lowest BCUT2D eigenvalue weighted by Crippen LogP contribution is -2.62. The van der Waals surface area contributed by atoms with Crippen LogP contribution in [0.5, 0.6) is 5.75 Å². The molecule has 0 spiro atoms. The number of carbonyl (C=O) groups excluding carboxylic acids is 1. The molecule has 3 rings (SSSR count). The molecule has 1 atom stereocenters. The number of hydrogen-bond donors (Lipinski definition) is 1. The van der Waals surface area contributed by atoms with Gasteiger partial charge in [-0.15, -0.1) is 0 Å². The number of methoxy groups -OCH3 is 1. The number of fused-ring (bicyclic) bond motifs is 1. The zero-order valence-corrected chi connectivity index (χ0v) is 16.1. The standard InChI is InChI=1S/C18H13F3IN3O2/c1-27-13-5-2-11(3-6-13)9-25-15-7-4-12(22)8-14(15)17(10-23,18(19,20)21)24-16(25)26/h2-8H,9H2,1H3,(H,24,26)/t17-/m0/s1. The van der Waals surface area contributed by atoms with E-state index in [-0.39, 0.29) is 17.8 Å². The molecule has 2 amide bonds. The first-order valence-electron chi connectivity index (χ1n) is 7.72. The van der Waals surface area contributed by atoms with Crippen molar-refractivity contribution in [1.29, 1.82) is 5.26 Å². The van der Waals surface area contributed by atoms with Crippen molar-refractivity contribution in [2.24, 2.45) is 0 Å². The third-order valence-electron chi connectivity index (χ3n) is 4.29. The lowest BCUT2D eigenvalue weighted by Gasteiger charge is -2.40. The summed E-state index contributed by atoms with van der Waals surface area (Å²) < 4.78 is 46.8. The quantitative estimate of drug-likeness (QED) is 0.657. The van der Waals surface area contributed by atoms with E-state index >= 15 is 0 Å². The van der Waals surface area contributed by atoms with Gasteiger partial charge in [-0.1, -0.05) is 12.1 Å². The lowest BCUT2D eigenvalue weighted by atomic mass is 9.87. The molecule has 0 bridgehead atoms. The lowest BCUT2D eigenvalue weighted by molar-refractivity contribution is -0.179. The second-order valence-electron chi connectivity index (χ2n) is 5.89. The van der Waals surface area contributed by atoms with Crippen molar-refractivity contribution in [3.63, 3.8) is 0 Å². The van der Waals surface area contributed by atoms with Crippen molar-refractivity contribution in [1.82, 2.24) is 5.32 Å². The van der Waals surface area contributed by atoms with E-state index in [1.807, 2.05) is 27.9 Å². The first-order chi connectivity index (χ1) is 12.7. The van der Waals surface area contributed by atoms with Crippen LogP contribution in [-0.4, -0.2) is 19.3 Å². The average molecular weight is 487 g/mol. The van der Waals surface area contributed by atoms with Gasteiger partial charge in [-0.05, 0) is 58.5 Å². The van der Waals surface area contributed by atoms with E-state index in [4.69, 9.17) is 4.74 Å². The van der Waals surface area contributed by atoms with E-state index in [9.17, 15) is 23.2 Å².